The first-order valence-electron chi connectivity index (χ1n) is 5.86. The van der Waals surface area contributed by atoms with Gasteiger partial charge in [0.05, 0.1) is 35.6 Å². The fourth-order valence-corrected chi connectivity index (χ4v) is 3.24. The van der Waals surface area contributed by atoms with Gasteiger partial charge >= 0.3 is 5.97 Å². The highest BCUT2D eigenvalue weighted by molar-refractivity contribution is 7.91. The van der Waals surface area contributed by atoms with Crippen LogP contribution in [0.2, 0.25) is 0 Å². The van der Waals surface area contributed by atoms with E-state index in [9.17, 15) is 13.2 Å². The Morgan fingerprint density at radius 3 is 2.47 bits per heavy atom. The normalized spacial score (nSPS) is 18.1. The van der Waals surface area contributed by atoms with Crippen LogP contribution < -0.4 is 10.6 Å². The van der Waals surface area contributed by atoms with Gasteiger partial charge in [0.2, 0.25) is 0 Å². The molecule has 1 aromatic rings. The Hall–Kier alpha value is -1.76. The lowest BCUT2D eigenvalue weighted by Gasteiger charge is -2.29. The Morgan fingerprint density at radius 1 is 1.32 bits per heavy atom. The van der Waals surface area contributed by atoms with Crippen LogP contribution in [-0.4, -0.2) is 46.1 Å². The highest BCUT2D eigenvalue weighted by atomic mass is 32.2. The molecule has 1 aromatic carbocycles. The summed E-state index contributed by atoms with van der Waals surface area (Å²) in [5.41, 5.74) is 7.50. The van der Waals surface area contributed by atoms with Crippen molar-refractivity contribution in [3.63, 3.8) is 0 Å². The smallest absolute Gasteiger partial charge is 0.337 e. The van der Waals surface area contributed by atoms with Crippen LogP contribution in [0.5, 0.6) is 0 Å². The number of esters is 1. The number of nitrogen functional groups attached to an aromatic ring is 1. The van der Waals surface area contributed by atoms with E-state index < -0.39 is 15.8 Å². The molecule has 1 saturated heterocycles. The van der Waals surface area contributed by atoms with Crippen molar-refractivity contribution in [1.82, 2.24) is 0 Å². The minimum atomic E-state index is -2.92. The van der Waals surface area contributed by atoms with E-state index in [4.69, 9.17) is 5.73 Å². The molecule has 0 unspecified atom stereocenters. The SMILES string of the molecule is COC(=O)c1ccc(N2CCS(=O)(=O)CC2)c(N)c1. The molecule has 1 aliphatic rings. The van der Waals surface area contributed by atoms with E-state index in [1.165, 1.54) is 7.11 Å². The van der Waals surface area contributed by atoms with Crippen LogP contribution in [0.15, 0.2) is 18.2 Å². The molecule has 0 aliphatic carbocycles. The Kier molecular flexibility index (Phi) is 3.66. The van der Waals surface area contributed by atoms with Gasteiger partial charge in [-0.05, 0) is 18.2 Å². The predicted molar refractivity (Wildman–Crippen MR) is 73.1 cm³/mol. The maximum absolute atomic E-state index is 11.4. The van der Waals surface area contributed by atoms with Crippen molar-refractivity contribution in [2.24, 2.45) is 0 Å². The number of nitrogens with zero attached hydrogens (tertiary/aromatic N) is 1. The first kappa shape index (κ1) is 13.7. The average Bonchev–Trinajstić information content (AvgIpc) is 2.38. The van der Waals surface area contributed by atoms with E-state index in [1.54, 1.807) is 18.2 Å². The summed E-state index contributed by atoms with van der Waals surface area (Å²) in [5.74, 6) is -0.185. The molecule has 19 heavy (non-hydrogen) atoms. The van der Waals surface area contributed by atoms with E-state index >= 15 is 0 Å². The molecule has 104 valence electrons. The monoisotopic (exact) mass is 284 g/mol. The van der Waals surface area contributed by atoms with Gasteiger partial charge in [-0.2, -0.15) is 0 Å². The first-order chi connectivity index (χ1) is 8.93. The largest absolute Gasteiger partial charge is 0.465 e. The third kappa shape index (κ3) is 2.98. The number of rotatable bonds is 2. The van der Waals surface area contributed by atoms with Crippen LogP contribution in [-0.2, 0) is 14.6 Å². The lowest BCUT2D eigenvalue weighted by atomic mass is 10.1. The molecule has 2 N–H and O–H groups in total. The number of anilines is 2. The molecule has 0 aromatic heterocycles. The Bertz CT molecular complexity index is 584. The van der Waals surface area contributed by atoms with Crippen molar-refractivity contribution in [1.29, 1.82) is 0 Å². The van der Waals surface area contributed by atoms with Crippen molar-refractivity contribution in [2.45, 2.75) is 0 Å². The average molecular weight is 284 g/mol. The number of methoxy groups -OCH3 is 1. The van der Waals surface area contributed by atoms with Gasteiger partial charge in [-0.3, -0.25) is 0 Å². The summed E-state index contributed by atoms with van der Waals surface area (Å²) in [6, 6.07) is 4.89. The summed E-state index contributed by atoms with van der Waals surface area (Å²) < 4.78 is 27.4. The van der Waals surface area contributed by atoms with Crippen LogP contribution >= 0.6 is 0 Å². The van der Waals surface area contributed by atoms with Crippen LogP contribution in [0.25, 0.3) is 0 Å². The maximum Gasteiger partial charge on any atom is 0.337 e. The molecule has 0 amide bonds. The predicted octanol–water partition coefficient (Wildman–Crippen LogP) is 0.290. The second kappa shape index (κ2) is 5.08. The second-order valence-electron chi connectivity index (χ2n) is 4.40. The minimum Gasteiger partial charge on any atom is -0.465 e. The topological polar surface area (TPSA) is 89.7 Å². The van der Waals surface area contributed by atoms with Gasteiger partial charge < -0.3 is 15.4 Å². The molecule has 1 aliphatic heterocycles. The van der Waals surface area contributed by atoms with Gasteiger partial charge in [0, 0.05) is 13.1 Å². The standard InChI is InChI=1S/C12H16N2O4S/c1-18-12(15)9-2-3-11(10(13)8-9)14-4-6-19(16,17)7-5-14/h2-3,8H,4-7,13H2,1H3. The van der Waals surface area contributed by atoms with Crippen LogP contribution in [0.1, 0.15) is 10.4 Å². The van der Waals surface area contributed by atoms with Gasteiger partial charge in [-0.15, -0.1) is 0 Å². The Labute approximate surface area is 112 Å². The maximum atomic E-state index is 11.4. The Morgan fingerprint density at radius 2 is 1.95 bits per heavy atom. The van der Waals surface area contributed by atoms with Crippen molar-refractivity contribution in [3.8, 4) is 0 Å². The van der Waals surface area contributed by atoms with Crippen LogP contribution in [0, 0.1) is 0 Å². The number of carbonyl (C=O) groups excluding carboxylic acids is 1. The van der Waals surface area contributed by atoms with Crippen LogP contribution in [0.4, 0.5) is 11.4 Å². The zero-order valence-corrected chi connectivity index (χ0v) is 11.4. The first-order valence-corrected chi connectivity index (χ1v) is 7.68. The number of hydrogen-bond donors (Lipinski definition) is 1. The highest BCUT2D eigenvalue weighted by Crippen LogP contribution is 2.26. The lowest BCUT2D eigenvalue weighted by molar-refractivity contribution is 0.0601. The van der Waals surface area contributed by atoms with Gasteiger partial charge in [0.1, 0.15) is 0 Å². The molecule has 0 saturated carbocycles. The summed E-state index contributed by atoms with van der Waals surface area (Å²) in [5, 5.41) is 0. The van der Waals surface area contributed by atoms with E-state index in [1.807, 2.05) is 4.90 Å². The molecule has 0 atom stereocenters. The number of hydrogen-bond acceptors (Lipinski definition) is 6. The lowest BCUT2D eigenvalue weighted by Crippen LogP contribution is -2.40. The van der Waals surface area contributed by atoms with Gasteiger partial charge in [-0.1, -0.05) is 0 Å². The summed E-state index contributed by atoms with van der Waals surface area (Å²) in [6.07, 6.45) is 0. The fourth-order valence-electron chi connectivity index (χ4n) is 2.04. The molecule has 0 bridgehead atoms. The van der Waals surface area contributed by atoms with Crippen molar-refractivity contribution < 1.29 is 17.9 Å². The minimum absolute atomic E-state index is 0.130. The number of benzene rings is 1. The number of carbonyl (C=O) groups is 1. The fraction of sp³-hybridized carbons (Fsp3) is 0.417. The van der Waals surface area contributed by atoms with Crippen LogP contribution in [0.3, 0.4) is 0 Å². The van der Waals surface area contributed by atoms with E-state index in [2.05, 4.69) is 4.74 Å². The number of sulfone groups is 1. The molecule has 2 rings (SSSR count). The second-order valence-corrected chi connectivity index (χ2v) is 6.71. The van der Waals surface area contributed by atoms with Crippen molar-refractivity contribution in [3.05, 3.63) is 23.8 Å². The quantitative estimate of drug-likeness (QED) is 0.620. The molecule has 1 heterocycles. The third-order valence-electron chi connectivity index (χ3n) is 3.13. The number of ether oxygens (including phenoxy) is 1. The van der Waals surface area contributed by atoms with E-state index in [0.717, 1.165) is 5.69 Å². The molecule has 7 heteroatoms. The highest BCUT2D eigenvalue weighted by Gasteiger charge is 2.23. The summed E-state index contributed by atoms with van der Waals surface area (Å²) in [6.45, 7) is 0.841. The molecule has 6 nitrogen and oxygen atoms in total. The molecule has 1 fully saturated rings. The molecular weight excluding hydrogens is 268 g/mol. The van der Waals surface area contributed by atoms with Crippen molar-refractivity contribution >= 4 is 27.2 Å². The summed E-state index contributed by atoms with van der Waals surface area (Å²) in [7, 11) is -1.61. The number of nitrogens with two attached hydrogens (primary N) is 1. The third-order valence-corrected chi connectivity index (χ3v) is 4.74. The van der Waals surface area contributed by atoms with E-state index in [-0.39, 0.29) is 11.5 Å². The van der Waals surface area contributed by atoms with Gasteiger partial charge in [-0.25, -0.2) is 13.2 Å². The summed E-state index contributed by atoms with van der Waals surface area (Å²) in [4.78, 5) is 13.3. The Balaban J connectivity index is 2.20. The van der Waals surface area contributed by atoms with E-state index in [0.29, 0.717) is 24.3 Å². The molecule has 0 spiro atoms. The molecule has 0 radical (unpaired) electrons. The molecular formula is C12H16N2O4S. The zero-order valence-electron chi connectivity index (χ0n) is 10.6. The zero-order chi connectivity index (χ0) is 14.0. The van der Waals surface area contributed by atoms with Gasteiger partial charge in [0.25, 0.3) is 0 Å². The summed E-state index contributed by atoms with van der Waals surface area (Å²) >= 11 is 0. The van der Waals surface area contributed by atoms with Gasteiger partial charge in [0.15, 0.2) is 9.84 Å². The van der Waals surface area contributed by atoms with Crippen molar-refractivity contribution in [2.75, 3.05) is 42.3 Å².